The molecule has 0 radical (unpaired) electrons. The van der Waals surface area contributed by atoms with Crippen molar-refractivity contribution in [3.63, 3.8) is 0 Å². The molecule has 1 aromatic carbocycles. The third kappa shape index (κ3) is 4.45. The van der Waals surface area contributed by atoms with E-state index in [0.29, 0.717) is 5.92 Å². The lowest BCUT2D eigenvalue weighted by atomic mass is 9.88. The minimum Gasteiger partial charge on any atom is -0.326 e. The van der Waals surface area contributed by atoms with Crippen LogP contribution in [0.25, 0.3) is 0 Å². The Morgan fingerprint density at radius 3 is 2.52 bits per heavy atom. The predicted octanol–water partition coefficient (Wildman–Crippen LogP) is 3.75. The highest BCUT2D eigenvalue weighted by atomic mass is 16.1. The van der Waals surface area contributed by atoms with Crippen LogP contribution < -0.4 is 5.32 Å². The number of anilines is 1. The smallest absolute Gasteiger partial charge is 0.221 e. The van der Waals surface area contributed by atoms with Crippen LogP contribution in [0.5, 0.6) is 0 Å². The first-order chi connectivity index (χ1) is 12.0. The third-order valence-corrected chi connectivity index (χ3v) is 5.01. The third-order valence-electron chi connectivity index (χ3n) is 5.01. The summed E-state index contributed by atoms with van der Waals surface area (Å²) in [4.78, 5) is 18.8. The number of benzene rings is 1. The van der Waals surface area contributed by atoms with Crippen molar-refractivity contribution in [3.8, 4) is 0 Å². The number of aromatic nitrogens is 1. The molecule has 0 atom stereocenters. The number of hydrogen-bond donors (Lipinski definition) is 1. The van der Waals surface area contributed by atoms with Gasteiger partial charge in [-0.25, -0.2) is 0 Å². The van der Waals surface area contributed by atoms with Crippen LogP contribution in [0.3, 0.4) is 0 Å². The van der Waals surface area contributed by atoms with E-state index >= 15 is 0 Å². The molecule has 4 heteroatoms. The van der Waals surface area contributed by atoms with Gasteiger partial charge < -0.3 is 10.2 Å². The minimum absolute atomic E-state index is 0.0364. The van der Waals surface area contributed by atoms with Crippen LogP contribution in [0.15, 0.2) is 36.5 Å². The number of amides is 1. The van der Waals surface area contributed by atoms with Crippen LogP contribution in [0.4, 0.5) is 5.69 Å². The van der Waals surface area contributed by atoms with Crippen molar-refractivity contribution in [2.45, 2.75) is 39.0 Å². The molecule has 1 saturated heterocycles. The van der Waals surface area contributed by atoms with Gasteiger partial charge in [0.05, 0.1) is 0 Å². The molecule has 1 N–H and O–H groups in total. The topological polar surface area (TPSA) is 45.2 Å². The Labute approximate surface area is 150 Å². The van der Waals surface area contributed by atoms with Gasteiger partial charge in [0.15, 0.2) is 0 Å². The lowest BCUT2D eigenvalue weighted by molar-refractivity contribution is -0.114. The Morgan fingerprint density at radius 2 is 1.88 bits per heavy atom. The fourth-order valence-corrected chi connectivity index (χ4v) is 3.55. The maximum absolute atomic E-state index is 11.7. The summed E-state index contributed by atoms with van der Waals surface area (Å²) in [6.45, 7) is 5.85. The Morgan fingerprint density at radius 1 is 1.20 bits per heavy atom. The molecule has 25 heavy (non-hydrogen) atoms. The monoisotopic (exact) mass is 337 g/mol. The van der Waals surface area contributed by atoms with Crippen LogP contribution >= 0.6 is 0 Å². The van der Waals surface area contributed by atoms with Gasteiger partial charge in [-0.2, -0.15) is 0 Å². The van der Waals surface area contributed by atoms with E-state index in [2.05, 4.69) is 48.5 Å². The summed E-state index contributed by atoms with van der Waals surface area (Å²) >= 11 is 0. The van der Waals surface area contributed by atoms with E-state index in [0.717, 1.165) is 49.3 Å². The fourth-order valence-electron chi connectivity index (χ4n) is 3.55. The number of carbonyl (C=O) groups excluding carboxylic acids is 1. The van der Waals surface area contributed by atoms with E-state index in [4.69, 9.17) is 4.98 Å². The average molecular weight is 337 g/mol. The number of nitrogens with one attached hydrogen (secondary N) is 1. The zero-order chi connectivity index (χ0) is 17.8. The SMILES string of the molecule is CC(=O)Nc1ccnc(C2CCN(C)CC2)c1Cc1ccc(C)cc1. The van der Waals surface area contributed by atoms with Gasteiger partial charge in [0, 0.05) is 42.4 Å². The lowest BCUT2D eigenvalue weighted by Gasteiger charge is -2.30. The maximum atomic E-state index is 11.7. The first-order valence-corrected chi connectivity index (χ1v) is 9.02. The number of rotatable bonds is 4. The van der Waals surface area contributed by atoms with Gasteiger partial charge in [-0.15, -0.1) is 0 Å². The van der Waals surface area contributed by atoms with Crippen molar-refractivity contribution in [2.24, 2.45) is 0 Å². The highest BCUT2D eigenvalue weighted by Crippen LogP contribution is 2.33. The Bertz CT molecular complexity index is 731. The number of carbonyl (C=O) groups is 1. The van der Waals surface area contributed by atoms with E-state index in [-0.39, 0.29) is 5.91 Å². The molecule has 132 valence electrons. The molecular weight excluding hydrogens is 310 g/mol. The normalized spacial score (nSPS) is 16.0. The highest BCUT2D eigenvalue weighted by Gasteiger charge is 2.23. The van der Waals surface area contributed by atoms with E-state index in [1.807, 2.05) is 12.3 Å². The molecular formula is C21H27N3O. The molecule has 0 bridgehead atoms. The molecule has 4 nitrogen and oxygen atoms in total. The molecule has 0 aliphatic carbocycles. The Balaban J connectivity index is 1.95. The average Bonchev–Trinajstić information content (AvgIpc) is 2.59. The second-order valence-electron chi connectivity index (χ2n) is 7.14. The molecule has 1 aliphatic heterocycles. The van der Waals surface area contributed by atoms with Gasteiger partial charge in [0.1, 0.15) is 0 Å². The summed E-state index contributed by atoms with van der Waals surface area (Å²) in [5.74, 6) is 0.427. The van der Waals surface area contributed by atoms with Crippen LogP contribution in [-0.4, -0.2) is 35.9 Å². The molecule has 1 aliphatic rings. The standard InChI is InChI=1S/C21H27N3O/c1-15-4-6-17(7-5-15)14-19-20(23-16(2)25)8-11-22-21(19)18-9-12-24(3)13-10-18/h4-8,11,18H,9-10,12-14H2,1-3H3,(H,22,23,25). The van der Waals surface area contributed by atoms with Crippen molar-refractivity contribution in [1.82, 2.24) is 9.88 Å². The molecule has 2 aromatic rings. The number of likely N-dealkylation sites (tertiary alicyclic amines) is 1. The molecule has 0 unspecified atom stereocenters. The van der Waals surface area contributed by atoms with Crippen molar-refractivity contribution in [3.05, 3.63) is 58.9 Å². The number of nitrogens with zero attached hydrogens (tertiary/aromatic N) is 2. The van der Waals surface area contributed by atoms with Crippen LogP contribution in [0, 0.1) is 6.92 Å². The summed E-state index contributed by atoms with van der Waals surface area (Å²) in [6, 6.07) is 10.5. The summed E-state index contributed by atoms with van der Waals surface area (Å²) in [5.41, 5.74) is 5.72. The molecule has 0 saturated carbocycles. The van der Waals surface area contributed by atoms with Crippen molar-refractivity contribution in [2.75, 3.05) is 25.5 Å². The molecule has 1 aromatic heterocycles. The van der Waals surface area contributed by atoms with Crippen LogP contribution in [-0.2, 0) is 11.2 Å². The number of hydrogen-bond acceptors (Lipinski definition) is 3. The molecule has 1 amide bonds. The fraction of sp³-hybridized carbons (Fsp3) is 0.429. The first kappa shape index (κ1) is 17.6. The first-order valence-electron chi connectivity index (χ1n) is 9.02. The number of pyridine rings is 1. The molecule has 3 rings (SSSR count). The van der Waals surface area contributed by atoms with E-state index in [1.54, 1.807) is 6.92 Å². The zero-order valence-electron chi connectivity index (χ0n) is 15.4. The summed E-state index contributed by atoms with van der Waals surface area (Å²) in [7, 11) is 2.17. The van der Waals surface area contributed by atoms with Crippen molar-refractivity contribution in [1.29, 1.82) is 0 Å². The summed E-state index contributed by atoms with van der Waals surface area (Å²) in [6.07, 6.45) is 4.87. The number of aryl methyl sites for hydroxylation is 1. The van der Waals surface area contributed by atoms with E-state index in [9.17, 15) is 4.79 Å². The molecule has 2 heterocycles. The highest BCUT2D eigenvalue weighted by molar-refractivity contribution is 5.89. The van der Waals surface area contributed by atoms with E-state index in [1.165, 1.54) is 11.1 Å². The Hall–Kier alpha value is -2.20. The molecule has 0 spiro atoms. The van der Waals surface area contributed by atoms with Gasteiger partial charge in [-0.3, -0.25) is 9.78 Å². The van der Waals surface area contributed by atoms with Crippen molar-refractivity contribution < 1.29 is 4.79 Å². The lowest BCUT2D eigenvalue weighted by Crippen LogP contribution is -2.30. The second kappa shape index (κ2) is 7.79. The molecule has 1 fully saturated rings. The van der Waals surface area contributed by atoms with Gasteiger partial charge in [-0.1, -0.05) is 29.8 Å². The Kier molecular flexibility index (Phi) is 5.49. The summed E-state index contributed by atoms with van der Waals surface area (Å²) in [5, 5.41) is 3.00. The second-order valence-corrected chi connectivity index (χ2v) is 7.14. The number of piperidine rings is 1. The summed E-state index contributed by atoms with van der Waals surface area (Å²) < 4.78 is 0. The minimum atomic E-state index is -0.0364. The van der Waals surface area contributed by atoms with E-state index < -0.39 is 0 Å². The maximum Gasteiger partial charge on any atom is 0.221 e. The van der Waals surface area contributed by atoms with Crippen molar-refractivity contribution >= 4 is 11.6 Å². The van der Waals surface area contributed by atoms with Crippen LogP contribution in [0.1, 0.15) is 48.1 Å². The largest absolute Gasteiger partial charge is 0.326 e. The predicted molar refractivity (Wildman–Crippen MR) is 102 cm³/mol. The van der Waals surface area contributed by atoms with Crippen LogP contribution in [0.2, 0.25) is 0 Å². The van der Waals surface area contributed by atoms with Gasteiger partial charge in [0.2, 0.25) is 5.91 Å². The van der Waals surface area contributed by atoms with Gasteiger partial charge >= 0.3 is 0 Å². The van der Waals surface area contributed by atoms with Gasteiger partial charge in [0.25, 0.3) is 0 Å². The van der Waals surface area contributed by atoms with Gasteiger partial charge in [-0.05, 0) is 51.5 Å². The quantitative estimate of drug-likeness (QED) is 0.924. The zero-order valence-corrected chi connectivity index (χ0v) is 15.4.